The number of piperidine rings is 1. The topological polar surface area (TPSA) is 93.7 Å². The fourth-order valence-corrected chi connectivity index (χ4v) is 4.33. The van der Waals surface area contributed by atoms with Gasteiger partial charge in [0.15, 0.2) is 10.9 Å². The summed E-state index contributed by atoms with van der Waals surface area (Å²) in [6, 6.07) is 11.1. The highest BCUT2D eigenvalue weighted by Crippen LogP contribution is 2.27. The number of furan rings is 1. The predicted molar refractivity (Wildman–Crippen MR) is 113 cm³/mol. The van der Waals surface area contributed by atoms with Crippen molar-refractivity contribution < 1.29 is 9.21 Å². The van der Waals surface area contributed by atoms with Crippen LogP contribution in [0.2, 0.25) is 0 Å². The van der Waals surface area contributed by atoms with E-state index < -0.39 is 0 Å². The summed E-state index contributed by atoms with van der Waals surface area (Å²) in [4.78, 5) is 19.6. The highest BCUT2D eigenvalue weighted by molar-refractivity contribution is 8.12. The van der Waals surface area contributed by atoms with Crippen molar-refractivity contribution >= 4 is 23.0 Å². The number of carbonyl (C=O) groups excluding carboxylic acids is 1. The van der Waals surface area contributed by atoms with Gasteiger partial charge in [-0.05, 0) is 68.6 Å². The van der Waals surface area contributed by atoms with Gasteiger partial charge in [-0.3, -0.25) is 15.0 Å². The van der Waals surface area contributed by atoms with Gasteiger partial charge in [-0.15, -0.1) is 0 Å². The smallest absolute Gasteiger partial charge is 0.292 e. The first-order chi connectivity index (χ1) is 14.1. The number of carbonyl (C=O) groups is 1. The van der Waals surface area contributed by atoms with Crippen molar-refractivity contribution in [2.75, 3.05) is 19.6 Å². The van der Waals surface area contributed by atoms with Crippen LogP contribution in [-0.2, 0) is 0 Å². The Kier molecular flexibility index (Phi) is 6.00. The third-order valence-corrected chi connectivity index (χ3v) is 5.90. The molecule has 1 aromatic carbocycles. The molecule has 4 rings (SSSR count). The van der Waals surface area contributed by atoms with Gasteiger partial charge in [-0.25, -0.2) is 9.71 Å². The number of nitrogens with one attached hydrogen (secondary N) is 2. The summed E-state index contributed by atoms with van der Waals surface area (Å²) in [5, 5.41) is 12.5. The van der Waals surface area contributed by atoms with Crippen LogP contribution in [0.5, 0.6) is 0 Å². The summed E-state index contributed by atoms with van der Waals surface area (Å²) < 4.78 is 8.94. The van der Waals surface area contributed by atoms with Crippen LogP contribution in [-0.4, -0.2) is 41.8 Å². The van der Waals surface area contributed by atoms with Gasteiger partial charge in [0, 0.05) is 12.1 Å². The molecule has 8 heteroatoms. The van der Waals surface area contributed by atoms with Crippen molar-refractivity contribution in [1.29, 1.82) is 5.26 Å². The largest absolute Gasteiger partial charge is 0.456 e. The van der Waals surface area contributed by atoms with Crippen LogP contribution in [0.15, 0.2) is 39.7 Å². The summed E-state index contributed by atoms with van der Waals surface area (Å²) in [7, 11) is 0. The lowest BCUT2D eigenvalue weighted by molar-refractivity contribution is 0.0949. The molecular weight excluding hydrogens is 386 g/mol. The lowest BCUT2D eigenvalue weighted by Gasteiger charge is -2.27. The van der Waals surface area contributed by atoms with E-state index in [2.05, 4.69) is 26.0 Å². The molecule has 2 aliphatic rings. The summed E-state index contributed by atoms with van der Waals surface area (Å²) >= 11 is 1.34. The number of aryl methyl sites for hydroxylation is 1. The Balaban J connectivity index is 1.41. The van der Waals surface area contributed by atoms with Gasteiger partial charge >= 0.3 is 0 Å². The Hall–Kier alpha value is -2.60. The molecule has 1 atom stereocenters. The lowest BCUT2D eigenvalue weighted by Crippen LogP contribution is -2.38. The predicted octanol–water partition coefficient (Wildman–Crippen LogP) is 3.28. The number of hydrogen-bond donors (Lipinski definition) is 2. The van der Waals surface area contributed by atoms with E-state index in [-0.39, 0.29) is 17.8 Å². The second kappa shape index (κ2) is 8.82. The Morgan fingerprint density at radius 3 is 3.00 bits per heavy atom. The Bertz CT molecular complexity index is 972. The van der Waals surface area contributed by atoms with E-state index in [4.69, 9.17) is 9.68 Å². The van der Waals surface area contributed by atoms with Crippen molar-refractivity contribution in [3.05, 3.63) is 47.4 Å². The van der Waals surface area contributed by atoms with Crippen molar-refractivity contribution in [3.63, 3.8) is 0 Å². The fraction of sp³-hybridized carbons (Fsp3) is 0.381. The molecule has 29 heavy (non-hydrogen) atoms. The molecular formula is C21H23N5O2S. The van der Waals surface area contributed by atoms with Crippen LogP contribution in [0.4, 0.5) is 0 Å². The molecule has 0 bridgehead atoms. The molecule has 7 nitrogen and oxygen atoms in total. The Morgan fingerprint density at radius 2 is 2.21 bits per heavy atom. The maximum atomic E-state index is 12.6. The molecule has 2 aromatic rings. The number of benzene rings is 1. The van der Waals surface area contributed by atoms with Crippen LogP contribution < -0.4 is 10.0 Å². The molecule has 0 spiro atoms. The van der Waals surface area contributed by atoms with E-state index in [1.165, 1.54) is 31.2 Å². The van der Waals surface area contributed by atoms with Crippen LogP contribution in [0.3, 0.4) is 0 Å². The number of hydrogen-bond acceptors (Lipinski definition) is 7. The molecule has 3 heterocycles. The monoisotopic (exact) mass is 409 g/mol. The average molecular weight is 410 g/mol. The number of amidine groups is 1. The summed E-state index contributed by atoms with van der Waals surface area (Å²) in [6.45, 7) is 4.89. The number of nitriles is 1. The van der Waals surface area contributed by atoms with Crippen LogP contribution in [0.25, 0.3) is 11.1 Å². The molecule has 1 unspecified atom stereocenters. The number of nitrogens with zero attached hydrogens (tertiary/aromatic N) is 3. The second-order valence-electron chi connectivity index (χ2n) is 7.26. The molecule has 2 aliphatic heterocycles. The van der Waals surface area contributed by atoms with Gasteiger partial charge in [-0.1, -0.05) is 18.6 Å². The first-order valence-corrected chi connectivity index (χ1v) is 10.6. The normalized spacial score (nSPS) is 19.6. The molecule has 150 valence electrons. The highest BCUT2D eigenvalue weighted by atomic mass is 32.2. The number of rotatable bonds is 4. The van der Waals surface area contributed by atoms with E-state index in [0.29, 0.717) is 16.5 Å². The van der Waals surface area contributed by atoms with Gasteiger partial charge in [0.2, 0.25) is 0 Å². The standard InChI is InChI=1S/C21H23N5O2S/c1-14-17(16-7-5-6-15(10-16)12-22)11-18(28-14)20(27)24-21-23-19(25-29-21)13-26-8-3-2-4-9-26/h5-7,10-11,19,25H,2-4,8-9,13H2,1H3,(H,23,24,27). The fourth-order valence-electron chi connectivity index (χ4n) is 3.64. The quantitative estimate of drug-likeness (QED) is 0.753. The maximum absolute atomic E-state index is 12.6. The third-order valence-electron chi connectivity index (χ3n) is 5.11. The van der Waals surface area contributed by atoms with Crippen molar-refractivity contribution in [3.8, 4) is 17.2 Å². The van der Waals surface area contributed by atoms with E-state index >= 15 is 0 Å². The van der Waals surface area contributed by atoms with Gasteiger partial charge < -0.3 is 4.42 Å². The second-order valence-corrected chi connectivity index (χ2v) is 8.08. The minimum Gasteiger partial charge on any atom is -0.456 e. The average Bonchev–Trinajstić information content (AvgIpc) is 3.35. The number of amides is 1. The minimum atomic E-state index is -0.331. The van der Waals surface area contributed by atoms with E-state index in [9.17, 15) is 4.79 Å². The Morgan fingerprint density at radius 1 is 1.38 bits per heavy atom. The van der Waals surface area contributed by atoms with Crippen molar-refractivity contribution in [2.45, 2.75) is 32.4 Å². The molecule has 2 N–H and O–H groups in total. The van der Waals surface area contributed by atoms with Gasteiger partial charge in [-0.2, -0.15) is 5.26 Å². The Labute approximate surface area is 174 Å². The highest BCUT2D eigenvalue weighted by Gasteiger charge is 2.24. The molecule has 1 amide bonds. The summed E-state index contributed by atoms with van der Waals surface area (Å²) in [5.74, 6) is 0.525. The van der Waals surface area contributed by atoms with Gasteiger partial charge in [0.25, 0.3) is 5.91 Å². The van der Waals surface area contributed by atoms with E-state index in [1.807, 2.05) is 19.1 Å². The molecule has 0 radical (unpaired) electrons. The third kappa shape index (κ3) is 4.70. The van der Waals surface area contributed by atoms with Crippen LogP contribution >= 0.6 is 11.9 Å². The lowest BCUT2D eigenvalue weighted by atomic mass is 10.0. The van der Waals surface area contributed by atoms with Crippen molar-refractivity contribution in [2.24, 2.45) is 4.99 Å². The summed E-state index contributed by atoms with van der Waals surface area (Å²) in [6.07, 6.45) is 3.77. The van der Waals surface area contributed by atoms with E-state index in [1.54, 1.807) is 18.2 Å². The molecule has 0 aliphatic carbocycles. The molecule has 1 fully saturated rings. The number of aliphatic imine (C=N–C) groups is 1. The number of likely N-dealkylation sites (tertiary alicyclic amines) is 1. The van der Waals surface area contributed by atoms with Gasteiger partial charge in [0.05, 0.1) is 11.6 Å². The van der Waals surface area contributed by atoms with Crippen LogP contribution in [0.1, 0.15) is 41.1 Å². The SMILES string of the molecule is Cc1oc(C(=O)NC2=NC(CN3CCCCC3)NS2)cc1-c1cccc(C#N)c1. The summed E-state index contributed by atoms with van der Waals surface area (Å²) in [5.41, 5.74) is 2.21. The zero-order valence-electron chi connectivity index (χ0n) is 16.3. The molecule has 0 saturated carbocycles. The van der Waals surface area contributed by atoms with E-state index in [0.717, 1.165) is 30.8 Å². The zero-order valence-corrected chi connectivity index (χ0v) is 17.1. The van der Waals surface area contributed by atoms with Crippen molar-refractivity contribution in [1.82, 2.24) is 14.9 Å². The zero-order chi connectivity index (χ0) is 20.2. The van der Waals surface area contributed by atoms with Gasteiger partial charge in [0.1, 0.15) is 11.9 Å². The first-order valence-electron chi connectivity index (χ1n) is 9.77. The van der Waals surface area contributed by atoms with Crippen LogP contribution in [0, 0.1) is 18.3 Å². The molecule has 1 saturated heterocycles. The first kappa shape index (κ1) is 19.7. The maximum Gasteiger partial charge on any atom is 0.292 e. The minimum absolute atomic E-state index is 0.0176. The molecule has 1 aromatic heterocycles.